The highest BCUT2D eigenvalue weighted by molar-refractivity contribution is 6.13. The molecule has 1 fully saturated rings. The fourth-order valence-electron chi connectivity index (χ4n) is 3.59. The fraction of sp³-hybridized carbons (Fsp3) is 0.333. The summed E-state index contributed by atoms with van der Waals surface area (Å²) in [6.45, 7) is 3.25. The Morgan fingerprint density at radius 2 is 1.68 bits per heavy atom. The number of nitrogens with one attached hydrogen (secondary N) is 1. The largest absolute Gasteiger partial charge is 0.337 e. The van der Waals surface area contributed by atoms with Gasteiger partial charge >= 0.3 is 0 Å². The van der Waals surface area contributed by atoms with Crippen molar-refractivity contribution in [1.82, 2.24) is 4.90 Å². The van der Waals surface area contributed by atoms with E-state index in [2.05, 4.69) is 17.4 Å². The van der Waals surface area contributed by atoms with Crippen LogP contribution in [0.25, 0.3) is 0 Å². The van der Waals surface area contributed by atoms with E-state index >= 15 is 0 Å². The monoisotopic (exact) mass is 334 g/mol. The summed E-state index contributed by atoms with van der Waals surface area (Å²) in [5.74, 6) is -0.182. The Labute approximate surface area is 147 Å². The Morgan fingerprint density at radius 1 is 1.00 bits per heavy atom. The van der Waals surface area contributed by atoms with E-state index in [1.54, 1.807) is 0 Å². The maximum atomic E-state index is 13.1. The van der Waals surface area contributed by atoms with Gasteiger partial charge in [0.2, 0.25) is 11.8 Å². The molecule has 4 rings (SSSR count). The van der Waals surface area contributed by atoms with Gasteiger partial charge in [0.25, 0.3) is 0 Å². The first-order chi connectivity index (χ1) is 12.1. The molecule has 0 aromatic heterocycles. The fourth-order valence-corrected chi connectivity index (χ4v) is 3.59. The first kappa shape index (κ1) is 15.9. The molecule has 0 saturated heterocycles. The van der Waals surface area contributed by atoms with Gasteiger partial charge in [0, 0.05) is 18.8 Å². The summed E-state index contributed by atoms with van der Waals surface area (Å²) in [5.41, 5.74) is 3.42. The second-order valence-corrected chi connectivity index (χ2v) is 7.10. The van der Waals surface area contributed by atoms with E-state index < -0.39 is 5.41 Å². The Balaban J connectivity index is 1.50. The zero-order chi connectivity index (χ0) is 17.4. The lowest BCUT2D eigenvalue weighted by molar-refractivity contribution is -0.143. The van der Waals surface area contributed by atoms with Gasteiger partial charge in [-0.15, -0.1) is 0 Å². The van der Waals surface area contributed by atoms with Gasteiger partial charge in [0.05, 0.1) is 0 Å². The van der Waals surface area contributed by atoms with Crippen molar-refractivity contribution in [2.75, 3.05) is 11.9 Å². The molecule has 128 valence electrons. The van der Waals surface area contributed by atoms with E-state index in [4.69, 9.17) is 0 Å². The van der Waals surface area contributed by atoms with Crippen LogP contribution in [0.1, 0.15) is 29.5 Å². The molecule has 4 nitrogen and oxygen atoms in total. The normalized spacial score (nSPS) is 17.6. The third-order valence-electron chi connectivity index (χ3n) is 5.41. The minimum Gasteiger partial charge on any atom is -0.337 e. The zero-order valence-corrected chi connectivity index (χ0v) is 14.4. The molecule has 0 unspecified atom stereocenters. The SMILES string of the molecule is Cc1ccccc1NC(=O)C1(C(=O)N2CCc3ccccc3C2)CC1. The third kappa shape index (κ3) is 2.82. The molecule has 1 aliphatic carbocycles. The number of anilines is 1. The number of nitrogens with zero attached hydrogens (tertiary/aromatic N) is 1. The van der Waals surface area contributed by atoms with E-state index in [-0.39, 0.29) is 11.8 Å². The van der Waals surface area contributed by atoms with Crippen LogP contribution in [0.3, 0.4) is 0 Å². The number of carbonyl (C=O) groups is 2. The van der Waals surface area contributed by atoms with Gasteiger partial charge in [0.1, 0.15) is 5.41 Å². The number of hydrogen-bond donors (Lipinski definition) is 1. The molecule has 4 heteroatoms. The lowest BCUT2D eigenvalue weighted by Gasteiger charge is -2.31. The van der Waals surface area contributed by atoms with Gasteiger partial charge in [0.15, 0.2) is 0 Å². The summed E-state index contributed by atoms with van der Waals surface area (Å²) in [4.78, 5) is 27.7. The molecule has 2 amide bonds. The molecule has 2 aromatic carbocycles. The van der Waals surface area contributed by atoms with Crippen LogP contribution in [0.15, 0.2) is 48.5 Å². The van der Waals surface area contributed by atoms with Crippen molar-refractivity contribution in [3.05, 3.63) is 65.2 Å². The molecule has 0 spiro atoms. The molecule has 2 aromatic rings. The van der Waals surface area contributed by atoms with Crippen molar-refractivity contribution in [1.29, 1.82) is 0 Å². The Kier molecular flexibility index (Phi) is 3.83. The van der Waals surface area contributed by atoms with Crippen LogP contribution in [-0.4, -0.2) is 23.3 Å². The van der Waals surface area contributed by atoms with Crippen LogP contribution in [0, 0.1) is 12.3 Å². The van der Waals surface area contributed by atoms with E-state index in [0.717, 1.165) is 17.7 Å². The summed E-state index contributed by atoms with van der Waals surface area (Å²) in [6.07, 6.45) is 2.14. The molecule has 0 bridgehead atoms. The molecule has 1 heterocycles. The lowest BCUT2D eigenvalue weighted by atomic mass is 9.97. The van der Waals surface area contributed by atoms with Crippen molar-refractivity contribution in [2.24, 2.45) is 5.41 Å². The quantitative estimate of drug-likeness (QED) is 0.876. The third-order valence-corrected chi connectivity index (χ3v) is 5.41. The first-order valence-electron chi connectivity index (χ1n) is 8.83. The number of aryl methyl sites for hydroxylation is 1. The number of fused-ring (bicyclic) bond motifs is 1. The number of hydrogen-bond acceptors (Lipinski definition) is 2. The van der Waals surface area contributed by atoms with Gasteiger partial charge in [-0.1, -0.05) is 42.5 Å². The van der Waals surface area contributed by atoms with Crippen molar-refractivity contribution < 1.29 is 9.59 Å². The van der Waals surface area contributed by atoms with Gasteiger partial charge < -0.3 is 10.2 Å². The van der Waals surface area contributed by atoms with Crippen LogP contribution >= 0.6 is 0 Å². The molecule has 1 aliphatic heterocycles. The van der Waals surface area contributed by atoms with E-state index in [1.807, 2.05) is 48.2 Å². The Hall–Kier alpha value is -2.62. The van der Waals surface area contributed by atoms with Gasteiger partial charge in [-0.2, -0.15) is 0 Å². The molecule has 0 atom stereocenters. The van der Waals surface area contributed by atoms with Crippen LogP contribution in [0.5, 0.6) is 0 Å². The Bertz CT molecular complexity index is 839. The second-order valence-electron chi connectivity index (χ2n) is 7.10. The maximum Gasteiger partial charge on any atom is 0.240 e. The van der Waals surface area contributed by atoms with Crippen LogP contribution in [0.4, 0.5) is 5.69 Å². The Morgan fingerprint density at radius 3 is 2.40 bits per heavy atom. The molecule has 25 heavy (non-hydrogen) atoms. The highest BCUT2D eigenvalue weighted by Gasteiger charge is 2.58. The highest BCUT2D eigenvalue weighted by atomic mass is 16.2. The van der Waals surface area contributed by atoms with E-state index in [0.29, 0.717) is 25.9 Å². The van der Waals surface area contributed by atoms with Crippen molar-refractivity contribution in [3.63, 3.8) is 0 Å². The van der Waals surface area contributed by atoms with Crippen molar-refractivity contribution in [3.8, 4) is 0 Å². The standard InChI is InChI=1S/C21H22N2O2/c1-15-6-2-5-9-18(15)22-19(24)21(11-12-21)20(25)23-13-10-16-7-3-4-8-17(16)14-23/h2-9H,10-14H2,1H3,(H,22,24). The van der Waals surface area contributed by atoms with Crippen LogP contribution in [-0.2, 0) is 22.6 Å². The smallest absolute Gasteiger partial charge is 0.240 e. The number of carbonyl (C=O) groups excluding carboxylic acids is 2. The average molecular weight is 334 g/mol. The molecule has 1 saturated carbocycles. The number of amides is 2. The minimum atomic E-state index is -0.867. The van der Waals surface area contributed by atoms with Gasteiger partial charge in [-0.05, 0) is 48.9 Å². The highest BCUT2D eigenvalue weighted by Crippen LogP contribution is 2.48. The van der Waals surface area contributed by atoms with E-state index in [9.17, 15) is 9.59 Å². The number of para-hydroxylation sites is 1. The van der Waals surface area contributed by atoms with Gasteiger partial charge in [-0.3, -0.25) is 9.59 Å². The predicted molar refractivity (Wildman–Crippen MR) is 97.0 cm³/mol. The summed E-state index contributed by atoms with van der Waals surface area (Å²) < 4.78 is 0. The average Bonchev–Trinajstić information content (AvgIpc) is 3.44. The summed E-state index contributed by atoms with van der Waals surface area (Å²) in [6, 6.07) is 15.9. The van der Waals surface area contributed by atoms with Crippen molar-refractivity contribution >= 4 is 17.5 Å². The van der Waals surface area contributed by atoms with Crippen molar-refractivity contribution in [2.45, 2.75) is 32.7 Å². The summed E-state index contributed by atoms with van der Waals surface area (Å²) in [5, 5.41) is 2.97. The zero-order valence-electron chi connectivity index (χ0n) is 14.4. The lowest BCUT2D eigenvalue weighted by Crippen LogP contribution is -2.45. The summed E-state index contributed by atoms with van der Waals surface area (Å²) in [7, 11) is 0. The molecular weight excluding hydrogens is 312 g/mol. The van der Waals surface area contributed by atoms with Gasteiger partial charge in [-0.25, -0.2) is 0 Å². The number of benzene rings is 2. The first-order valence-corrected chi connectivity index (χ1v) is 8.83. The second kappa shape index (κ2) is 6.03. The minimum absolute atomic E-state index is 0.0203. The summed E-state index contributed by atoms with van der Waals surface area (Å²) >= 11 is 0. The number of rotatable bonds is 3. The van der Waals surface area contributed by atoms with Crippen LogP contribution in [0.2, 0.25) is 0 Å². The topological polar surface area (TPSA) is 49.4 Å². The molecular formula is C21H22N2O2. The van der Waals surface area contributed by atoms with E-state index in [1.165, 1.54) is 11.1 Å². The molecule has 2 aliphatic rings. The predicted octanol–water partition coefficient (Wildman–Crippen LogP) is 3.30. The maximum absolute atomic E-state index is 13.1. The molecule has 1 N–H and O–H groups in total. The molecule has 0 radical (unpaired) electrons. The van der Waals surface area contributed by atoms with Crippen LogP contribution < -0.4 is 5.32 Å².